The van der Waals surface area contributed by atoms with Crippen molar-refractivity contribution in [3.8, 4) is 0 Å². The predicted molar refractivity (Wildman–Crippen MR) is 44.7 cm³/mol. The Morgan fingerprint density at radius 1 is 1.20 bits per heavy atom. The van der Waals surface area contributed by atoms with Crippen molar-refractivity contribution in [2.45, 2.75) is 13.8 Å². The van der Waals surface area contributed by atoms with Gasteiger partial charge in [-0.3, -0.25) is 0 Å². The van der Waals surface area contributed by atoms with E-state index >= 15 is 0 Å². The van der Waals surface area contributed by atoms with Gasteiger partial charge in [-0.2, -0.15) is 0 Å². The molecular formula is C8H12N2. The van der Waals surface area contributed by atoms with E-state index in [1.807, 2.05) is 13.8 Å². The van der Waals surface area contributed by atoms with Crippen molar-refractivity contribution in [3.05, 3.63) is 23.2 Å². The van der Waals surface area contributed by atoms with Gasteiger partial charge < -0.3 is 11.5 Å². The third kappa shape index (κ3) is 1.05. The third-order valence-corrected chi connectivity index (χ3v) is 1.60. The molecule has 0 aromatic heterocycles. The van der Waals surface area contributed by atoms with Crippen molar-refractivity contribution in [1.82, 2.24) is 0 Å². The molecule has 1 aromatic rings. The summed E-state index contributed by atoms with van der Waals surface area (Å²) in [6, 6.07) is 2.14. The van der Waals surface area contributed by atoms with Gasteiger partial charge in [-0.1, -0.05) is 0 Å². The molecular weight excluding hydrogens is 124 g/mol. The van der Waals surface area contributed by atoms with E-state index in [4.69, 9.17) is 12.8 Å². The van der Waals surface area contributed by atoms with Gasteiger partial charge >= 0.3 is 0 Å². The van der Waals surface area contributed by atoms with E-state index in [1.54, 1.807) is 6.07 Å². The van der Waals surface area contributed by atoms with E-state index < -0.39 is 0 Å². The van der Waals surface area contributed by atoms with Crippen molar-refractivity contribution >= 4 is 11.4 Å². The summed E-state index contributed by atoms with van der Waals surface area (Å²) in [5.41, 5.74) is 13.9. The van der Waals surface area contributed by atoms with Crippen molar-refractivity contribution < 1.29 is 1.37 Å². The van der Waals surface area contributed by atoms with Crippen molar-refractivity contribution in [2.75, 3.05) is 11.5 Å². The van der Waals surface area contributed by atoms with Crippen LogP contribution >= 0.6 is 0 Å². The first kappa shape index (κ1) is 5.59. The van der Waals surface area contributed by atoms with Crippen LogP contribution in [0.2, 0.25) is 0 Å². The van der Waals surface area contributed by atoms with Gasteiger partial charge in [0, 0.05) is 0 Å². The highest BCUT2D eigenvalue weighted by Gasteiger charge is 1.96. The molecule has 0 aliphatic carbocycles. The van der Waals surface area contributed by atoms with Gasteiger partial charge in [-0.25, -0.2) is 0 Å². The second-order valence-corrected chi connectivity index (χ2v) is 2.45. The first-order chi connectivity index (χ1) is 5.04. The van der Waals surface area contributed by atoms with Crippen molar-refractivity contribution in [3.63, 3.8) is 0 Å². The average molecular weight is 137 g/mol. The van der Waals surface area contributed by atoms with Crippen LogP contribution in [-0.4, -0.2) is 0 Å². The Morgan fingerprint density at radius 2 is 1.80 bits per heavy atom. The van der Waals surface area contributed by atoms with E-state index in [9.17, 15) is 0 Å². The molecule has 0 radical (unpaired) electrons. The second kappa shape index (κ2) is 2.21. The molecule has 0 spiro atoms. The summed E-state index contributed by atoms with van der Waals surface area (Å²) in [6.45, 7) is 3.79. The molecule has 0 aliphatic heterocycles. The summed E-state index contributed by atoms with van der Waals surface area (Å²) < 4.78 is 7.52. The fourth-order valence-corrected chi connectivity index (χ4v) is 0.792. The second-order valence-electron chi connectivity index (χ2n) is 2.45. The smallest absolute Gasteiger partial charge is 0.0648 e. The van der Waals surface area contributed by atoms with Crippen LogP contribution in [0, 0.1) is 13.8 Å². The summed E-state index contributed by atoms with van der Waals surface area (Å²) in [5.74, 6) is 0. The number of benzene rings is 1. The van der Waals surface area contributed by atoms with Crippen molar-refractivity contribution in [2.24, 2.45) is 0 Å². The topological polar surface area (TPSA) is 52.0 Å². The van der Waals surface area contributed by atoms with Gasteiger partial charge in [0.05, 0.1) is 12.7 Å². The van der Waals surface area contributed by atoms with Crippen LogP contribution in [0.25, 0.3) is 0 Å². The minimum absolute atomic E-state index is 0.350. The summed E-state index contributed by atoms with van der Waals surface area (Å²) in [4.78, 5) is 0. The van der Waals surface area contributed by atoms with Gasteiger partial charge in [-0.15, -0.1) is 0 Å². The standard InChI is InChI=1S/C8H12N2/c1-5-3-7(9)8(10)4-6(5)2/h3-4H,9-10H2,1-2H3/i3D. The lowest BCUT2D eigenvalue weighted by atomic mass is 10.1. The van der Waals surface area contributed by atoms with E-state index in [-0.39, 0.29) is 0 Å². The van der Waals surface area contributed by atoms with E-state index in [0.717, 1.165) is 11.1 Å². The minimum atomic E-state index is 0.350. The molecule has 0 fully saturated rings. The Bertz CT molecular complexity index is 268. The van der Waals surface area contributed by atoms with Crippen LogP contribution in [0.3, 0.4) is 0 Å². The quantitative estimate of drug-likeness (QED) is 0.532. The van der Waals surface area contributed by atoms with Crippen LogP contribution in [0.5, 0.6) is 0 Å². The van der Waals surface area contributed by atoms with Crippen molar-refractivity contribution in [1.29, 1.82) is 0 Å². The molecule has 2 nitrogen and oxygen atoms in total. The Balaban J connectivity index is 3.46. The van der Waals surface area contributed by atoms with Gasteiger partial charge in [-0.05, 0) is 37.1 Å². The molecule has 0 unspecified atom stereocenters. The van der Waals surface area contributed by atoms with Gasteiger partial charge in [0.25, 0.3) is 0 Å². The number of nitrogens with two attached hydrogens (primary N) is 2. The van der Waals surface area contributed by atoms with E-state index in [0.29, 0.717) is 17.4 Å². The Kier molecular flexibility index (Phi) is 1.24. The predicted octanol–water partition coefficient (Wildman–Crippen LogP) is 1.47. The third-order valence-electron chi connectivity index (χ3n) is 1.60. The monoisotopic (exact) mass is 137 g/mol. The molecule has 54 valence electrons. The molecule has 1 aromatic carbocycles. The Morgan fingerprint density at radius 3 is 2.40 bits per heavy atom. The highest BCUT2D eigenvalue weighted by Crippen LogP contribution is 2.18. The van der Waals surface area contributed by atoms with Gasteiger partial charge in [0.1, 0.15) is 0 Å². The molecule has 0 atom stereocenters. The fourth-order valence-electron chi connectivity index (χ4n) is 0.792. The number of aryl methyl sites for hydroxylation is 1. The van der Waals surface area contributed by atoms with E-state index in [1.165, 1.54) is 0 Å². The zero-order valence-corrected chi connectivity index (χ0v) is 6.23. The fraction of sp³-hybridized carbons (Fsp3) is 0.250. The maximum atomic E-state index is 7.52. The summed E-state index contributed by atoms with van der Waals surface area (Å²) in [7, 11) is 0. The number of nitrogen functional groups attached to an aromatic ring is 2. The normalized spacial score (nSPS) is 11.2. The first-order valence-corrected chi connectivity index (χ1v) is 3.15. The highest BCUT2D eigenvalue weighted by atomic mass is 14.7. The number of rotatable bonds is 0. The van der Waals surface area contributed by atoms with Gasteiger partial charge in [0.15, 0.2) is 0 Å². The molecule has 2 heteroatoms. The lowest BCUT2D eigenvalue weighted by molar-refractivity contribution is 1.35. The highest BCUT2D eigenvalue weighted by molar-refractivity contribution is 5.65. The van der Waals surface area contributed by atoms with Gasteiger partial charge in [0.2, 0.25) is 0 Å². The van der Waals surface area contributed by atoms with Crippen LogP contribution < -0.4 is 11.5 Å². The lowest BCUT2D eigenvalue weighted by Crippen LogP contribution is -1.96. The number of hydrogen-bond donors (Lipinski definition) is 2. The largest absolute Gasteiger partial charge is 0.397 e. The average Bonchev–Trinajstić information content (AvgIpc) is 1.97. The SMILES string of the molecule is [2H]c1c(C)c(C)cc(N)c1N. The molecule has 0 bridgehead atoms. The summed E-state index contributed by atoms with van der Waals surface area (Å²) in [6.07, 6.45) is 0. The maximum absolute atomic E-state index is 7.52. The Hall–Kier alpha value is -1.18. The maximum Gasteiger partial charge on any atom is 0.0648 e. The van der Waals surface area contributed by atoms with Crippen LogP contribution in [0.1, 0.15) is 12.5 Å². The molecule has 0 saturated carbocycles. The molecule has 1 rings (SSSR count). The zero-order chi connectivity index (χ0) is 8.59. The Labute approximate surface area is 62.2 Å². The molecule has 10 heavy (non-hydrogen) atoms. The molecule has 0 aliphatic rings. The summed E-state index contributed by atoms with van der Waals surface area (Å²) >= 11 is 0. The van der Waals surface area contributed by atoms with Crippen LogP contribution in [-0.2, 0) is 0 Å². The number of anilines is 2. The molecule has 0 heterocycles. The number of hydrogen-bond acceptors (Lipinski definition) is 2. The van der Waals surface area contributed by atoms with Crippen LogP contribution in [0.4, 0.5) is 11.4 Å². The first-order valence-electron chi connectivity index (χ1n) is 3.65. The minimum Gasteiger partial charge on any atom is -0.397 e. The molecule has 0 amide bonds. The molecule has 0 saturated heterocycles. The lowest BCUT2D eigenvalue weighted by Gasteiger charge is -2.03. The zero-order valence-electron chi connectivity index (χ0n) is 7.23. The van der Waals surface area contributed by atoms with E-state index in [2.05, 4.69) is 0 Å². The molecule has 4 N–H and O–H groups in total. The summed E-state index contributed by atoms with van der Waals surface area (Å²) in [5, 5.41) is 0. The van der Waals surface area contributed by atoms with Crippen LogP contribution in [0.15, 0.2) is 12.1 Å².